The van der Waals surface area contributed by atoms with Crippen LogP contribution in [-0.4, -0.2) is 10.1 Å². The second kappa shape index (κ2) is 6.37. The number of hydrogen-bond acceptors (Lipinski definition) is 2. The summed E-state index contributed by atoms with van der Waals surface area (Å²) in [6, 6.07) is 10.3. The molecule has 0 atom stereocenters. The van der Waals surface area contributed by atoms with Crippen molar-refractivity contribution in [3.05, 3.63) is 47.8 Å². The zero-order valence-electron chi connectivity index (χ0n) is 11.7. The van der Waals surface area contributed by atoms with Crippen molar-refractivity contribution in [2.24, 2.45) is 0 Å². The number of nitrogens with zero attached hydrogens (tertiary/aromatic N) is 1. The van der Waals surface area contributed by atoms with Gasteiger partial charge in [-0.25, -0.2) is 0 Å². The highest BCUT2D eigenvalue weighted by molar-refractivity contribution is 5.70. The van der Waals surface area contributed by atoms with Gasteiger partial charge in [-0.3, -0.25) is 4.98 Å². The number of rotatable bonds is 5. The molecule has 1 aromatic carbocycles. The quantitative estimate of drug-likeness (QED) is 0.798. The van der Waals surface area contributed by atoms with Gasteiger partial charge in [-0.05, 0) is 37.0 Å². The second-order valence-electron chi connectivity index (χ2n) is 4.95. The van der Waals surface area contributed by atoms with Crippen LogP contribution < -0.4 is 0 Å². The van der Waals surface area contributed by atoms with Crippen molar-refractivity contribution in [3.8, 4) is 16.9 Å². The Bertz CT molecular complexity index is 531. The Balaban J connectivity index is 2.16. The van der Waals surface area contributed by atoms with Crippen molar-refractivity contribution in [2.45, 2.75) is 39.5 Å². The molecular weight excluding hydrogens is 234 g/mol. The molecule has 1 N–H and O–H groups in total. The summed E-state index contributed by atoms with van der Waals surface area (Å²) in [5, 5.41) is 10.0. The van der Waals surface area contributed by atoms with E-state index in [2.05, 4.69) is 36.2 Å². The molecule has 0 bridgehead atoms. The van der Waals surface area contributed by atoms with Crippen molar-refractivity contribution >= 4 is 0 Å². The highest BCUT2D eigenvalue weighted by atomic mass is 16.3. The van der Waals surface area contributed by atoms with E-state index in [0.717, 1.165) is 17.5 Å². The van der Waals surface area contributed by atoms with Crippen LogP contribution in [0.25, 0.3) is 11.1 Å². The number of pyridine rings is 1. The summed E-state index contributed by atoms with van der Waals surface area (Å²) in [6.45, 7) is 4.04. The van der Waals surface area contributed by atoms with Crippen LogP contribution in [0.1, 0.15) is 37.4 Å². The Labute approximate surface area is 115 Å². The summed E-state index contributed by atoms with van der Waals surface area (Å²) in [7, 11) is 0. The van der Waals surface area contributed by atoms with Crippen LogP contribution in [0, 0.1) is 6.92 Å². The SMILES string of the molecule is CCCCCc1ccc(-c2ccnc(C)c2O)cc1. The van der Waals surface area contributed by atoms with E-state index in [4.69, 9.17) is 0 Å². The van der Waals surface area contributed by atoms with Gasteiger partial charge in [0, 0.05) is 11.8 Å². The van der Waals surface area contributed by atoms with Gasteiger partial charge in [-0.2, -0.15) is 0 Å². The van der Waals surface area contributed by atoms with Crippen LogP contribution in [-0.2, 0) is 6.42 Å². The van der Waals surface area contributed by atoms with Crippen LogP contribution in [0.5, 0.6) is 5.75 Å². The van der Waals surface area contributed by atoms with E-state index in [1.807, 2.05) is 13.0 Å². The highest BCUT2D eigenvalue weighted by Gasteiger charge is 2.06. The maximum atomic E-state index is 10.0. The number of benzene rings is 1. The monoisotopic (exact) mass is 255 g/mol. The number of hydrogen-bond donors (Lipinski definition) is 1. The summed E-state index contributed by atoms with van der Waals surface area (Å²) in [5.74, 6) is 0.279. The van der Waals surface area contributed by atoms with Gasteiger partial charge in [0.25, 0.3) is 0 Å². The minimum absolute atomic E-state index is 0.279. The lowest BCUT2D eigenvalue weighted by atomic mass is 10.0. The Morgan fingerprint density at radius 2 is 1.79 bits per heavy atom. The van der Waals surface area contributed by atoms with Gasteiger partial charge in [-0.15, -0.1) is 0 Å². The van der Waals surface area contributed by atoms with Crippen molar-refractivity contribution < 1.29 is 5.11 Å². The Morgan fingerprint density at radius 1 is 1.05 bits per heavy atom. The molecule has 0 saturated carbocycles. The predicted octanol–water partition coefficient (Wildman–Crippen LogP) is 4.50. The summed E-state index contributed by atoms with van der Waals surface area (Å²) in [6.07, 6.45) is 6.65. The zero-order chi connectivity index (χ0) is 13.7. The van der Waals surface area contributed by atoms with E-state index < -0.39 is 0 Å². The van der Waals surface area contributed by atoms with Gasteiger partial charge in [0.15, 0.2) is 0 Å². The van der Waals surface area contributed by atoms with Crippen molar-refractivity contribution in [1.29, 1.82) is 0 Å². The number of aromatic hydroxyl groups is 1. The molecule has 0 aliphatic rings. The molecule has 0 radical (unpaired) electrons. The standard InChI is InChI=1S/C17H21NO/c1-3-4-5-6-14-7-9-15(10-8-14)16-11-12-18-13(2)17(16)19/h7-12,19H,3-6H2,1-2H3. The van der Waals surface area contributed by atoms with E-state index >= 15 is 0 Å². The number of aryl methyl sites for hydroxylation is 2. The molecule has 2 rings (SSSR count). The Kier molecular flexibility index (Phi) is 4.56. The second-order valence-corrected chi connectivity index (χ2v) is 4.95. The van der Waals surface area contributed by atoms with Gasteiger partial charge in [0.05, 0.1) is 5.69 Å². The minimum Gasteiger partial charge on any atom is -0.505 e. The summed E-state index contributed by atoms with van der Waals surface area (Å²) >= 11 is 0. The summed E-state index contributed by atoms with van der Waals surface area (Å²) in [4.78, 5) is 4.08. The summed E-state index contributed by atoms with van der Waals surface area (Å²) in [5.41, 5.74) is 3.93. The Hall–Kier alpha value is -1.83. The van der Waals surface area contributed by atoms with Gasteiger partial charge < -0.3 is 5.11 Å². The van der Waals surface area contributed by atoms with Crippen LogP contribution >= 0.6 is 0 Å². The molecule has 0 aliphatic heterocycles. The summed E-state index contributed by atoms with van der Waals surface area (Å²) < 4.78 is 0. The first-order valence-electron chi connectivity index (χ1n) is 6.96. The highest BCUT2D eigenvalue weighted by Crippen LogP contribution is 2.30. The van der Waals surface area contributed by atoms with Crippen LogP contribution in [0.3, 0.4) is 0 Å². The van der Waals surface area contributed by atoms with Crippen molar-refractivity contribution in [1.82, 2.24) is 4.98 Å². The number of unbranched alkanes of at least 4 members (excludes halogenated alkanes) is 2. The molecule has 19 heavy (non-hydrogen) atoms. The topological polar surface area (TPSA) is 33.1 Å². The lowest BCUT2D eigenvalue weighted by Gasteiger charge is -2.07. The van der Waals surface area contributed by atoms with E-state index in [1.54, 1.807) is 6.20 Å². The normalized spacial score (nSPS) is 10.6. The lowest BCUT2D eigenvalue weighted by molar-refractivity contribution is 0.469. The average Bonchev–Trinajstić information content (AvgIpc) is 2.43. The fraction of sp³-hybridized carbons (Fsp3) is 0.353. The molecule has 2 aromatic rings. The molecular formula is C17H21NO. The third-order valence-electron chi connectivity index (χ3n) is 3.44. The average molecular weight is 255 g/mol. The van der Waals surface area contributed by atoms with Gasteiger partial charge >= 0.3 is 0 Å². The predicted molar refractivity (Wildman–Crippen MR) is 79.3 cm³/mol. The van der Waals surface area contributed by atoms with Gasteiger partial charge in [0.2, 0.25) is 0 Å². The first-order chi connectivity index (χ1) is 9.22. The molecule has 2 heteroatoms. The molecule has 0 saturated heterocycles. The molecule has 1 heterocycles. The molecule has 0 spiro atoms. The maximum Gasteiger partial charge on any atom is 0.144 e. The van der Waals surface area contributed by atoms with Crippen molar-refractivity contribution in [3.63, 3.8) is 0 Å². The largest absolute Gasteiger partial charge is 0.505 e. The smallest absolute Gasteiger partial charge is 0.144 e. The third-order valence-corrected chi connectivity index (χ3v) is 3.44. The van der Waals surface area contributed by atoms with Crippen LogP contribution in [0.15, 0.2) is 36.5 Å². The molecule has 0 amide bonds. The van der Waals surface area contributed by atoms with E-state index in [-0.39, 0.29) is 5.75 Å². The number of aromatic nitrogens is 1. The van der Waals surface area contributed by atoms with Crippen LogP contribution in [0.4, 0.5) is 0 Å². The van der Waals surface area contributed by atoms with Crippen molar-refractivity contribution in [2.75, 3.05) is 0 Å². The molecule has 0 fully saturated rings. The fourth-order valence-electron chi connectivity index (χ4n) is 2.22. The third kappa shape index (κ3) is 3.34. The first-order valence-corrected chi connectivity index (χ1v) is 6.96. The van der Waals surface area contributed by atoms with E-state index in [9.17, 15) is 5.11 Å². The van der Waals surface area contributed by atoms with Gasteiger partial charge in [-0.1, -0.05) is 44.0 Å². The molecule has 0 unspecified atom stereocenters. The van der Waals surface area contributed by atoms with Crippen LogP contribution in [0.2, 0.25) is 0 Å². The van der Waals surface area contributed by atoms with E-state index in [0.29, 0.717) is 5.69 Å². The zero-order valence-corrected chi connectivity index (χ0v) is 11.7. The lowest BCUT2D eigenvalue weighted by Crippen LogP contribution is -1.88. The Morgan fingerprint density at radius 3 is 2.47 bits per heavy atom. The first kappa shape index (κ1) is 13.6. The fourth-order valence-corrected chi connectivity index (χ4v) is 2.22. The minimum atomic E-state index is 0.279. The molecule has 100 valence electrons. The molecule has 0 aliphatic carbocycles. The molecule has 1 aromatic heterocycles. The van der Waals surface area contributed by atoms with E-state index in [1.165, 1.54) is 24.8 Å². The maximum absolute atomic E-state index is 10.0. The molecule has 2 nitrogen and oxygen atoms in total. The van der Waals surface area contributed by atoms with Gasteiger partial charge in [0.1, 0.15) is 5.75 Å².